The smallest absolute Gasteiger partial charge is 0.377 e. The Morgan fingerprint density at radius 3 is 2.63 bits per heavy atom. The van der Waals surface area contributed by atoms with Gasteiger partial charge in [-0.1, -0.05) is 72.9 Å². The van der Waals surface area contributed by atoms with Crippen molar-refractivity contribution in [1.82, 2.24) is 29.7 Å². The van der Waals surface area contributed by atoms with Gasteiger partial charge in [0.15, 0.2) is 11.5 Å². The van der Waals surface area contributed by atoms with Crippen molar-refractivity contribution < 1.29 is 13.7 Å². The van der Waals surface area contributed by atoms with Gasteiger partial charge in [0.1, 0.15) is 11.2 Å². The van der Waals surface area contributed by atoms with Crippen molar-refractivity contribution in [3.05, 3.63) is 75.5 Å². The molecule has 1 saturated carbocycles. The molecule has 0 spiro atoms. The second kappa shape index (κ2) is 11.5. The molecule has 12 heteroatoms. The van der Waals surface area contributed by atoms with Gasteiger partial charge in [0.25, 0.3) is 0 Å². The Hall–Kier alpha value is -4.09. The van der Waals surface area contributed by atoms with Gasteiger partial charge in [-0.05, 0) is 42.4 Å². The van der Waals surface area contributed by atoms with Crippen LogP contribution in [0.3, 0.4) is 0 Å². The van der Waals surface area contributed by atoms with Gasteiger partial charge in [-0.15, -0.1) is 0 Å². The number of ether oxygens (including phenoxy) is 1. The number of aromatic nitrogens is 6. The van der Waals surface area contributed by atoms with Crippen LogP contribution in [-0.2, 0) is 11.3 Å². The lowest BCUT2D eigenvalue weighted by Gasteiger charge is -2.37. The zero-order valence-corrected chi connectivity index (χ0v) is 24.4. The van der Waals surface area contributed by atoms with Crippen LogP contribution in [-0.4, -0.2) is 49.4 Å². The molecule has 222 valence electrons. The minimum atomic E-state index is -0.744. The molecule has 2 aliphatic rings. The van der Waals surface area contributed by atoms with E-state index >= 15 is 4.39 Å². The Kier molecular flexibility index (Phi) is 7.44. The minimum absolute atomic E-state index is 0.0227. The third-order valence-corrected chi connectivity index (χ3v) is 8.88. The summed E-state index contributed by atoms with van der Waals surface area (Å²) in [5.41, 5.74) is 2.60. The first kappa shape index (κ1) is 27.7. The number of benzene rings is 2. The van der Waals surface area contributed by atoms with Gasteiger partial charge in [0.2, 0.25) is 17.6 Å². The standard InChI is InChI=1S/C31H31ClFN7O3/c1-18-10-12-19(13-11-18)16-40-26-25(21-8-5-9-22(32)24(21)33)34-28(29-37-31(41)43-38-29)35-27(26)36-30(40)39-14-15-42-17-23(39)20-6-3-2-4-7-20/h2-9,18-19,23H,10-17H2,1H3,(H,37,38,41)/t18?,19?,23-/m0/s1. The van der Waals surface area contributed by atoms with Crippen LogP contribution in [0.4, 0.5) is 10.3 Å². The van der Waals surface area contributed by atoms with Gasteiger partial charge >= 0.3 is 5.76 Å². The van der Waals surface area contributed by atoms with Crippen LogP contribution in [0.25, 0.3) is 34.1 Å². The molecule has 10 nitrogen and oxygen atoms in total. The van der Waals surface area contributed by atoms with Crippen LogP contribution in [0.5, 0.6) is 0 Å². The maximum absolute atomic E-state index is 15.7. The molecule has 1 aliphatic heterocycles. The molecular formula is C31H31ClFN7O3. The van der Waals surface area contributed by atoms with Crippen LogP contribution >= 0.6 is 11.6 Å². The summed E-state index contributed by atoms with van der Waals surface area (Å²) in [5, 5.41) is 3.77. The topological polar surface area (TPSA) is 115 Å². The second-order valence-corrected chi connectivity index (χ2v) is 11.9. The third kappa shape index (κ3) is 5.31. The predicted molar refractivity (Wildman–Crippen MR) is 160 cm³/mol. The average Bonchev–Trinajstić information content (AvgIpc) is 3.63. The molecule has 0 radical (unpaired) electrons. The Balaban J connectivity index is 1.47. The SMILES string of the molecule is CC1CCC(Cn2c(N3CCOC[C@H]3c3ccccc3)nc3nc(-c4noc(=O)[nH]4)nc(-c4cccc(Cl)c4F)c32)CC1. The van der Waals surface area contributed by atoms with Crippen molar-refractivity contribution in [2.75, 3.05) is 24.7 Å². The summed E-state index contributed by atoms with van der Waals surface area (Å²) in [4.78, 5) is 31.1. The fourth-order valence-electron chi connectivity index (χ4n) is 6.29. The molecule has 2 aromatic carbocycles. The highest BCUT2D eigenvalue weighted by Crippen LogP contribution is 2.39. The van der Waals surface area contributed by atoms with E-state index in [1.54, 1.807) is 12.1 Å². The van der Waals surface area contributed by atoms with Gasteiger partial charge in [-0.2, -0.15) is 4.98 Å². The molecule has 43 heavy (non-hydrogen) atoms. The van der Waals surface area contributed by atoms with E-state index in [-0.39, 0.29) is 28.3 Å². The Morgan fingerprint density at radius 2 is 1.86 bits per heavy atom. The van der Waals surface area contributed by atoms with Gasteiger partial charge in [-0.3, -0.25) is 9.51 Å². The van der Waals surface area contributed by atoms with Gasteiger partial charge < -0.3 is 14.2 Å². The molecule has 2 fully saturated rings. The van der Waals surface area contributed by atoms with E-state index in [1.165, 1.54) is 6.07 Å². The van der Waals surface area contributed by atoms with E-state index in [4.69, 9.17) is 35.8 Å². The van der Waals surface area contributed by atoms with Crippen LogP contribution in [0, 0.1) is 17.7 Å². The number of halogens is 2. The molecule has 1 N–H and O–H groups in total. The largest absolute Gasteiger partial charge is 0.439 e. The highest BCUT2D eigenvalue weighted by atomic mass is 35.5. The molecule has 1 aliphatic carbocycles. The summed E-state index contributed by atoms with van der Waals surface area (Å²) >= 11 is 6.26. The number of rotatable bonds is 6. The quantitative estimate of drug-likeness (QED) is 0.250. The minimum Gasteiger partial charge on any atom is -0.377 e. The number of hydrogen-bond donors (Lipinski definition) is 1. The van der Waals surface area contributed by atoms with Crippen molar-refractivity contribution in [2.24, 2.45) is 11.8 Å². The lowest BCUT2D eigenvalue weighted by atomic mass is 9.83. The molecule has 5 aromatic rings. The summed E-state index contributed by atoms with van der Waals surface area (Å²) < 4.78 is 28.5. The fourth-order valence-corrected chi connectivity index (χ4v) is 6.46. The molecule has 1 atom stereocenters. The van der Waals surface area contributed by atoms with Crippen LogP contribution in [0.1, 0.15) is 44.2 Å². The summed E-state index contributed by atoms with van der Waals surface area (Å²) in [6.07, 6.45) is 4.50. The van der Waals surface area contributed by atoms with Crippen molar-refractivity contribution in [2.45, 2.75) is 45.2 Å². The Labute approximate surface area is 251 Å². The average molecular weight is 604 g/mol. The van der Waals surface area contributed by atoms with Crippen molar-refractivity contribution >= 4 is 28.7 Å². The van der Waals surface area contributed by atoms with Gasteiger partial charge in [-0.25, -0.2) is 19.2 Å². The molecule has 7 rings (SSSR count). The molecule has 4 heterocycles. The van der Waals surface area contributed by atoms with E-state index in [0.717, 1.165) is 37.2 Å². The normalized spacial score (nSPS) is 21.0. The summed E-state index contributed by atoms with van der Waals surface area (Å²) in [6, 6.07) is 15.0. The lowest BCUT2D eigenvalue weighted by Crippen LogP contribution is -2.41. The summed E-state index contributed by atoms with van der Waals surface area (Å²) in [5.74, 6) is 0.577. The van der Waals surface area contributed by atoms with Crippen molar-refractivity contribution in [3.8, 4) is 22.9 Å². The number of H-pyrrole nitrogens is 1. The Bertz CT molecular complexity index is 1810. The third-order valence-electron chi connectivity index (χ3n) is 8.59. The van der Waals surface area contributed by atoms with Crippen molar-refractivity contribution in [1.29, 1.82) is 0 Å². The van der Waals surface area contributed by atoms with Crippen molar-refractivity contribution in [3.63, 3.8) is 0 Å². The van der Waals surface area contributed by atoms with Gasteiger partial charge in [0.05, 0.1) is 24.3 Å². The highest BCUT2D eigenvalue weighted by molar-refractivity contribution is 6.31. The molecule has 1 saturated heterocycles. The summed E-state index contributed by atoms with van der Waals surface area (Å²) in [6.45, 7) is 4.63. The fraction of sp³-hybridized carbons (Fsp3) is 0.387. The number of nitrogens with one attached hydrogen (secondary N) is 1. The number of morpholine rings is 1. The second-order valence-electron chi connectivity index (χ2n) is 11.5. The zero-order valence-electron chi connectivity index (χ0n) is 23.7. The maximum atomic E-state index is 15.7. The molecule has 0 amide bonds. The number of fused-ring (bicyclic) bond motifs is 1. The molecule has 0 unspecified atom stereocenters. The number of aromatic amines is 1. The first-order valence-corrected chi connectivity index (χ1v) is 15.0. The lowest BCUT2D eigenvalue weighted by molar-refractivity contribution is 0.0927. The van der Waals surface area contributed by atoms with E-state index < -0.39 is 11.6 Å². The highest BCUT2D eigenvalue weighted by Gasteiger charge is 2.33. The first-order chi connectivity index (χ1) is 21.0. The van der Waals surface area contributed by atoms with Crippen LogP contribution < -0.4 is 10.7 Å². The molecule has 3 aromatic heterocycles. The first-order valence-electron chi connectivity index (χ1n) is 14.6. The number of imidazole rings is 1. The molecular weight excluding hydrogens is 573 g/mol. The van der Waals surface area contributed by atoms with Crippen LogP contribution in [0.2, 0.25) is 5.02 Å². The maximum Gasteiger partial charge on any atom is 0.439 e. The summed E-state index contributed by atoms with van der Waals surface area (Å²) in [7, 11) is 0. The Morgan fingerprint density at radius 1 is 1.05 bits per heavy atom. The van der Waals surface area contributed by atoms with E-state index in [1.807, 2.05) is 18.2 Å². The van der Waals surface area contributed by atoms with E-state index in [0.29, 0.717) is 55.0 Å². The monoisotopic (exact) mass is 603 g/mol. The predicted octanol–water partition coefficient (Wildman–Crippen LogP) is 6.03. The van der Waals surface area contributed by atoms with Gasteiger partial charge in [0, 0.05) is 18.7 Å². The zero-order chi connectivity index (χ0) is 29.5. The van der Waals surface area contributed by atoms with Crippen LogP contribution in [0.15, 0.2) is 57.8 Å². The van der Waals surface area contributed by atoms with E-state index in [2.05, 4.69) is 38.7 Å². The number of anilines is 1. The number of hydrogen-bond acceptors (Lipinski definition) is 8. The molecule has 0 bridgehead atoms. The number of nitrogens with zero attached hydrogens (tertiary/aromatic N) is 6. The van der Waals surface area contributed by atoms with E-state index in [9.17, 15) is 4.79 Å².